The first-order valence-corrected chi connectivity index (χ1v) is 11.0. The van der Waals surface area contributed by atoms with Crippen LogP contribution in [-0.2, 0) is 0 Å². The molecule has 0 bridgehead atoms. The third-order valence-electron chi connectivity index (χ3n) is 6.22. The van der Waals surface area contributed by atoms with Crippen LogP contribution in [0.1, 0.15) is 0 Å². The number of benzene rings is 5. The van der Waals surface area contributed by atoms with Crippen LogP contribution in [0.5, 0.6) is 0 Å². The lowest BCUT2D eigenvalue weighted by molar-refractivity contribution is -0.362. The van der Waals surface area contributed by atoms with Crippen molar-refractivity contribution < 1.29 is 4.98 Å². The molecule has 1 aromatic heterocycles. The summed E-state index contributed by atoms with van der Waals surface area (Å²) in [5, 5.41) is 5.06. The second kappa shape index (κ2) is 7.79. The Bertz CT molecular complexity index is 1530. The SMILES string of the molecule is c1ccc(-c2ccc(-c3[nH+]ccc4c3ccc3c(-c5ccccc5)cccc34)cc2)cc1. The zero-order chi connectivity index (χ0) is 21.3. The molecule has 1 nitrogen and oxygen atoms in total. The Balaban J connectivity index is 1.50. The van der Waals surface area contributed by atoms with E-state index in [0.717, 1.165) is 5.69 Å². The standard InChI is InChI=1S/C31H21N/c1-3-8-22(9-4-1)23-14-16-25(17-15-23)31-30-19-18-28-26(24-10-5-2-6-11-24)12-7-13-27(28)29(30)20-21-32-31/h1-21H/p+1. The van der Waals surface area contributed by atoms with Crippen LogP contribution >= 0.6 is 0 Å². The van der Waals surface area contributed by atoms with Crippen molar-refractivity contribution in [3.63, 3.8) is 0 Å². The van der Waals surface area contributed by atoms with E-state index in [0.29, 0.717) is 0 Å². The average Bonchev–Trinajstić information content (AvgIpc) is 2.89. The molecule has 0 unspecified atom stereocenters. The highest BCUT2D eigenvalue weighted by atomic mass is 14.7. The summed E-state index contributed by atoms with van der Waals surface area (Å²) in [6, 6.07) is 43.2. The lowest BCUT2D eigenvalue weighted by Gasteiger charge is -2.10. The fourth-order valence-electron chi connectivity index (χ4n) is 4.63. The highest BCUT2D eigenvalue weighted by Crippen LogP contribution is 2.35. The summed E-state index contributed by atoms with van der Waals surface area (Å²) in [6.45, 7) is 0. The molecule has 0 aliphatic rings. The second-order valence-corrected chi connectivity index (χ2v) is 8.09. The molecule has 0 spiro atoms. The molecule has 0 saturated heterocycles. The number of H-pyrrole nitrogens is 1. The van der Waals surface area contributed by atoms with Crippen LogP contribution in [0.25, 0.3) is 55.1 Å². The monoisotopic (exact) mass is 408 g/mol. The number of aromatic nitrogens is 1. The topological polar surface area (TPSA) is 14.1 Å². The molecule has 6 aromatic rings. The van der Waals surface area contributed by atoms with Gasteiger partial charge in [0.25, 0.3) is 0 Å². The van der Waals surface area contributed by atoms with Gasteiger partial charge in [0.15, 0.2) is 6.20 Å². The minimum atomic E-state index is 1.15. The molecule has 0 saturated carbocycles. The zero-order valence-corrected chi connectivity index (χ0v) is 17.6. The highest BCUT2D eigenvalue weighted by molar-refractivity contribution is 6.14. The summed E-state index contributed by atoms with van der Waals surface area (Å²) in [4.78, 5) is 3.50. The van der Waals surface area contributed by atoms with Crippen molar-refractivity contribution in [3.8, 4) is 33.5 Å². The number of fused-ring (bicyclic) bond motifs is 3. The van der Waals surface area contributed by atoms with Gasteiger partial charge in [-0.3, -0.25) is 0 Å². The molecule has 5 aromatic carbocycles. The maximum Gasteiger partial charge on any atom is 0.218 e. The Kier molecular flexibility index (Phi) is 4.51. The van der Waals surface area contributed by atoms with Crippen LogP contribution < -0.4 is 4.98 Å². The first kappa shape index (κ1) is 18.5. The minimum Gasteiger partial charge on any atom is -0.211 e. The molecule has 0 aliphatic heterocycles. The number of pyridine rings is 1. The Hall–Kier alpha value is -4.23. The number of hydrogen-bond donors (Lipinski definition) is 0. The molecular weight excluding hydrogens is 386 g/mol. The van der Waals surface area contributed by atoms with Gasteiger partial charge in [0.2, 0.25) is 5.69 Å². The lowest BCUT2D eigenvalue weighted by atomic mass is 9.93. The lowest BCUT2D eigenvalue weighted by Crippen LogP contribution is -2.06. The van der Waals surface area contributed by atoms with Crippen molar-refractivity contribution in [2.75, 3.05) is 0 Å². The van der Waals surface area contributed by atoms with Crippen molar-refractivity contribution in [2.45, 2.75) is 0 Å². The summed E-state index contributed by atoms with van der Waals surface area (Å²) in [5.74, 6) is 0. The zero-order valence-electron chi connectivity index (χ0n) is 17.6. The first-order valence-electron chi connectivity index (χ1n) is 11.0. The summed E-state index contributed by atoms with van der Waals surface area (Å²) in [7, 11) is 0. The molecule has 150 valence electrons. The first-order chi connectivity index (χ1) is 15.9. The second-order valence-electron chi connectivity index (χ2n) is 8.09. The molecule has 0 fully saturated rings. The van der Waals surface area contributed by atoms with Crippen LogP contribution in [-0.4, -0.2) is 0 Å². The van der Waals surface area contributed by atoms with Gasteiger partial charge < -0.3 is 0 Å². The number of rotatable bonds is 3. The highest BCUT2D eigenvalue weighted by Gasteiger charge is 2.14. The minimum absolute atomic E-state index is 1.15. The van der Waals surface area contributed by atoms with E-state index in [9.17, 15) is 0 Å². The van der Waals surface area contributed by atoms with Crippen molar-refractivity contribution in [1.82, 2.24) is 0 Å². The van der Waals surface area contributed by atoms with Gasteiger partial charge in [-0.1, -0.05) is 97.1 Å². The Labute approximate surface area is 187 Å². The van der Waals surface area contributed by atoms with Crippen LogP contribution in [0.4, 0.5) is 0 Å². The van der Waals surface area contributed by atoms with Gasteiger partial charge in [-0.15, -0.1) is 0 Å². The molecule has 1 heterocycles. The van der Waals surface area contributed by atoms with Crippen LogP contribution in [0, 0.1) is 0 Å². The molecule has 0 atom stereocenters. The maximum absolute atomic E-state index is 3.50. The van der Waals surface area contributed by atoms with Gasteiger partial charge in [-0.25, -0.2) is 4.98 Å². The normalized spacial score (nSPS) is 11.1. The molecule has 0 amide bonds. The van der Waals surface area contributed by atoms with Crippen LogP contribution in [0.2, 0.25) is 0 Å². The van der Waals surface area contributed by atoms with Crippen molar-refractivity contribution >= 4 is 21.5 Å². The Morgan fingerprint density at radius 1 is 0.344 bits per heavy atom. The van der Waals surface area contributed by atoms with Gasteiger partial charge >= 0.3 is 0 Å². The van der Waals surface area contributed by atoms with Crippen LogP contribution in [0.3, 0.4) is 0 Å². The molecule has 6 rings (SSSR count). The van der Waals surface area contributed by atoms with E-state index in [-0.39, 0.29) is 0 Å². The van der Waals surface area contributed by atoms with Gasteiger partial charge in [-0.2, -0.15) is 0 Å². The predicted octanol–water partition coefficient (Wildman–Crippen LogP) is 7.81. The molecule has 1 heteroatoms. The van der Waals surface area contributed by atoms with E-state index < -0.39 is 0 Å². The van der Waals surface area contributed by atoms with Gasteiger partial charge in [0.05, 0.1) is 5.39 Å². The molecule has 32 heavy (non-hydrogen) atoms. The third kappa shape index (κ3) is 3.16. The van der Waals surface area contributed by atoms with E-state index >= 15 is 0 Å². The number of hydrogen-bond acceptors (Lipinski definition) is 0. The molecule has 0 radical (unpaired) electrons. The summed E-state index contributed by atoms with van der Waals surface area (Å²) in [6.07, 6.45) is 2.05. The van der Waals surface area contributed by atoms with Gasteiger partial charge in [0.1, 0.15) is 0 Å². The van der Waals surface area contributed by atoms with Gasteiger partial charge in [0, 0.05) is 17.0 Å². The van der Waals surface area contributed by atoms with Crippen molar-refractivity contribution in [3.05, 3.63) is 128 Å². The fourth-order valence-corrected chi connectivity index (χ4v) is 4.63. The van der Waals surface area contributed by atoms with E-state index in [2.05, 4.69) is 133 Å². The van der Waals surface area contributed by atoms with E-state index in [1.54, 1.807) is 0 Å². The summed E-state index contributed by atoms with van der Waals surface area (Å²) >= 11 is 0. The third-order valence-corrected chi connectivity index (χ3v) is 6.22. The molecule has 0 aliphatic carbocycles. The largest absolute Gasteiger partial charge is 0.218 e. The molecule has 1 N–H and O–H groups in total. The smallest absolute Gasteiger partial charge is 0.211 e. The quantitative estimate of drug-likeness (QED) is 0.265. The van der Waals surface area contributed by atoms with Crippen LogP contribution in [0.15, 0.2) is 128 Å². The fraction of sp³-hybridized carbons (Fsp3) is 0. The Morgan fingerprint density at radius 3 is 1.69 bits per heavy atom. The maximum atomic E-state index is 3.50. The summed E-state index contributed by atoms with van der Waals surface area (Å²) < 4.78 is 0. The average molecular weight is 409 g/mol. The Morgan fingerprint density at radius 2 is 0.938 bits per heavy atom. The van der Waals surface area contributed by atoms with Crippen molar-refractivity contribution in [2.24, 2.45) is 0 Å². The predicted molar refractivity (Wildman–Crippen MR) is 134 cm³/mol. The van der Waals surface area contributed by atoms with E-state index in [1.165, 1.54) is 49.4 Å². The van der Waals surface area contributed by atoms with E-state index in [1.807, 2.05) is 0 Å². The van der Waals surface area contributed by atoms with Gasteiger partial charge in [-0.05, 0) is 51.2 Å². The molecular formula is C31H22N+. The number of nitrogens with one attached hydrogen (secondary N) is 1. The van der Waals surface area contributed by atoms with Crippen molar-refractivity contribution in [1.29, 1.82) is 0 Å². The summed E-state index contributed by atoms with van der Waals surface area (Å²) in [5.41, 5.74) is 7.32. The van der Waals surface area contributed by atoms with E-state index in [4.69, 9.17) is 0 Å². The number of aromatic amines is 1.